The Kier molecular flexibility index (Phi) is 4.31. The van der Waals surface area contributed by atoms with E-state index in [0.29, 0.717) is 12.6 Å². The number of halogens is 1. The van der Waals surface area contributed by atoms with Crippen LogP contribution < -0.4 is 10.1 Å². The van der Waals surface area contributed by atoms with Crippen LogP contribution in [-0.2, 0) is 9.47 Å². The third-order valence-electron chi connectivity index (χ3n) is 4.18. The van der Waals surface area contributed by atoms with Gasteiger partial charge in [0.25, 0.3) is 0 Å². The Morgan fingerprint density at radius 2 is 2.35 bits per heavy atom. The van der Waals surface area contributed by atoms with Crippen molar-refractivity contribution in [2.75, 3.05) is 33.5 Å². The van der Waals surface area contributed by atoms with Gasteiger partial charge in [-0.2, -0.15) is 0 Å². The average Bonchev–Trinajstić information content (AvgIpc) is 2.94. The summed E-state index contributed by atoms with van der Waals surface area (Å²) in [5.74, 6) is 0.978. The fourth-order valence-corrected chi connectivity index (χ4v) is 3.23. The molecule has 0 amide bonds. The van der Waals surface area contributed by atoms with Crippen molar-refractivity contribution >= 4 is 15.9 Å². The minimum absolute atomic E-state index is 0.176. The fourth-order valence-electron chi connectivity index (χ4n) is 2.85. The molecule has 2 aliphatic rings. The molecule has 0 saturated carbocycles. The van der Waals surface area contributed by atoms with Crippen LogP contribution in [0.5, 0.6) is 5.75 Å². The smallest absolute Gasteiger partial charge is 0.124 e. The molecule has 1 N–H and O–H groups in total. The summed E-state index contributed by atoms with van der Waals surface area (Å²) in [6, 6.07) is 6.49. The second kappa shape index (κ2) is 6.02. The molecule has 0 aliphatic carbocycles. The summed E-state index contributed by atoms with van der Waals surface area (Å²) >= 11 is 3.53. The van der Waals surface area contributed by atoms with Crippen LogP contribution in [-0.4, -0.2) is 39.1 Å². The molecule has 20 heavy (non-hydrogen) atoms. The Morgan fingerprint density at radius 1 is 1.45 bits per heavy atom. The first-order valence-electron chi connectivity index (χ1n) is 7.01. The molecular formula is C15H20BrNO3. The van der Waals surface area contributed by atoms with Crippen molar-refractivity contribution in [3.8, 4) is 5.75 Å². The molecule has 2 atom stereocenters. The highest BCUT2D eigenvalue weighted by Gasteiger charge is 2.36. The highest BCUT2D eigenvalue weighted by molar-refractivity contribution is 9.10. The normalized spacial score (nSPS) is 29.0. The van der Waals surface area contributed by atoms with Gasteiger partial charge in [-0.25, -0.2) is 0 Å². The lowest BCUT2D eigenvalue weighted by atomic mass is 9.98. The number of hydrogen-bond acceptors (Lipinski definition) is 4. The molecule has 1 fully saturated rings. The van der Waals surface area contributed by atoms with Crippen LogP contribution in [0.25, 0.3) is 0 Å². The van der Waals surface area contributed by atoms with E-state index in [1.54, 1.807) is 7.11 Å². The molecule has 0 spiro atoms. The molecule has 3 rings (SSSR count). The predicted molar refractivity (Wildman–Crippen MR) is 80.2 cm³/mol. The molecule has 0 radical (unpaired) electrons. The lowest BCUT2D eigenvalue weighted by Crippen LogP contribution is -2.44. The van der Waals surface area contributed by atoms with Gasteiger partial charge in [0.05, 0.1) is 13.2 Å². The topological polar surface area (TPSA) is 39.7 Å². The van der Waals surface area contributed by atoms with E-state index >= 15 is 0 Å². The first-order chi connectivity index (χ1) is 9.72. The van der Waals surface area contributed by atoms with Crippen LogP contribution in [0.4, 0.5) is 0 Å². The lowest BCUT2D eigenvalue weighted by molar-refractivity contribution is -0.0182. The Morgan fingerprint density at radius 3 is 3.10 bits per heavy atom. The van der Waals surface area contributed by atoms with Gasteiger partial charge in [-0.3, -0.25) is 0 Å². The molecule has 5 heteroatoms. The van der Waals surface area contributed by atoms with Crippen molar-refractivity contribution in [3.63, 3.8) is 0 Å². The Labute approximate surface area is 127 Å². The maximum absolute atomic E-state index is 5.72. The molecule has 0 bridgehead atoms. The Hall–Kier alpha value is -0.620. The van der Waals surface area contributed by atoms with E-state index in [4.69, 9.17) is 14.2 Å². The van der Waals surface area contributed by atoms with Crippen molar-refractivity contribution in [1.29, 1.82) is 0 Å². The van der Waals surface area contributed by atoms with Gasteiger partial charge in [-0.05, 0) is 18.2 Å². The first-order valence-corrected chi connectivity index (χ1v) is 7.80. The van der Waals surface area contributed by atoms with Crippen molar-refractivity contribution in [2.45, 2.75) is 24.5 Å². The number of benzene rings is 1. The standard InChI is InChI=1S/C15H20BrNO3/c1-18-15(5-7-19-10-15)9-17-13-4-6-20-14-3-2-11(16)8-12(13)14/h2-3,8,13,17H,4-7,9-10H2,1H3. The quantitative estimate of drug-likeness (QED) is 0.913. The molecule has 2 aliphatic heterocycles. The van der Waals surface area contributed by atoms with Crippen molar-refractivity contribution in [2.24, 2.45) is 0 Å². The second-order valence-electron chi connectivity index (χ2n) is 5.44. The highest BCUT2D eigenvalue weighted by Crippen LogP contribution is 2.34. The van der Waals surface area contributed by atoms with Gasteiger partial charge in [0.1, 0.15) is 11.4 Å². The SMILES string of the molecule is COC1(CNC2CCOc3ccc(Br)cc32)CCOC1. The molecule has 1 aromatic rings. The zero-order valence-electron chi connectivity index (χ0n) is 11.7. The summed E-state index contributed by atoms with van der Waals surface area (Å²) in [6.45, 7) is 3.01. The van der Waals surface area contributed by atoms with Crippen LogP contribution in [0.3, 0.4) is 0 Å². The summed E-state index contributed by atoms with van der Waals surface area (Å²) in [7, 11) is 1.77. The average molecular weight is 342 g/mol. The van der Waals surface area contributed by atoms with Crippen LogP contribution in [0.2, 0.25) is 0 Å². The minimum atomic E-state index is -0.176. The first kappa shape index (κ1) is 14.3. The summed E-state index contributed by atoms with van der Waals surface area (Å²) in [4.78, 5) is 0. The van der Waals surface area contributed by atoms with Gasteiger partial charge in [-0.1, -0.05) is 15.9 Å². The molecule has 2 heterocycles. The van der Waals surface area contributed by atoms with Gasteiger partial charge < -0.3 is 19.5 Å². The summed E-state index contributed by atoms with van der Waals surface area (Å²) in [5.41, 5.74) is 1.04. The van der Waals surface area contributed by atoms with Crippen molar-refractivity contribution < 1.29 is 14.2 Å². The molecule has 110 valence electrons. The number of nitrogens with one attached hydrogen (secondary N) is 1. The van der Waals surface area contributed by atoms with Gasteiger partial charge in [0.2, 0.25) is 0 Å². The third kappa shape index (κ3) is 2.86. The minimum Gasteiger partial charge on any atom is -0.493 e. The lowest BCUT2D eigenvalue weighted by Gasteiger charge is -2.32. The fraction of sp³-hybridized carbons (Fsp3) is 0.600. The second-order valence-corrected chi connectivity index (χ2v) is 6.36. The number of hydrogen-bond donors (Lipinski definition) is 1. The van der Waals surface area contributed by atoms with E-state index in [1.807, 2.05) is 12.1 Å². The molecule has 4 nitrogen and oxygen atoms in total. The predicted octanol–water partition coefficient (Wildman–Crippen LogP) is 2.67. The maximum Gasteiger partial charge on any atom is 0.124 e. The number of rotatable bonds is 4. The van der Waals surface area contributed by atoms with Crippen LogP contribution >= 0.6 is 15.9 Å². The number of methoxy groups -OCH3 is 1. The van der Waals surface area contributed by atoms with Crippen molar-refractivity contribution in [1.82, 2.24) is 5.32 Å². The van der Waals surface area contributed by atoms with Gasteiger partial charge in [0, 0.05) is 49.2 Å². The van der Waals surface area contributed by atoms with Gasteiger partial charge in [-0.15, -0.1) is 0 Å². The van der Waals surface area contributed by atoms with E-state index in [1.165, 1.54) is 5.56 Å². The number of ether oxygens (including phenoxy) is 3. The van der Waals surface area contributed by atoms with Crippen LogP contribution in [0, 0.1) is 0 Å². The zero-order chi connectivity index (χ0) is 14.0. The number of fused-ring (bicyclic) bond motifs is 1. The zero-order valence-corrected chi connectivity index (χ0v) is 13.2. The summed E-state index contributed by atoms with van der Waals surface area (Å²) in [5, 5.41) is 3.63. The Balaban J connectivity index is 1.71. The van der Waals surface area contributed by atoms with E-state index in [2.05, 4.69) is 27.3 Å². The van der Waals surface area contributed by atoms with Gasteiger partial charge in [0.15, 0.2) is 0 Å². The van der Waals surface area contributed by atoms with E-state index in [0.717, 1.165) is 42.8 Å². The Bertz CT molecular complexity index is 474. The highest BCUT2D eigenvalue weighted by atomic mass is 79.9. The molecule has 0 aromatic heterocycles. The third-order valence-corrected chi connectivity index (χ3v) is 4.68. The monoisotopic (exact) mass is 341 g/mol. The van der Waals surface area contributed by atoms with Crippen molar-refractivity contribution in [3.05, 3.63) is 28.2 Å². The summed E-state index contributed by atoms with van der Waals surface area (Å²) < 4.78 is 18.0. The summed E-state index contributed by atoms with van der Waals surface area (Å²) in [6.07, 6.45) is 1.93. The van der Waals surface area contributed by atoms with Crippen LogP contribution in [0.15, 0.2) is 22.7 Å². The maximum atomic E-state index is 5.72. The van der Waals surface area contributed by atoms with E-state index < -0.39 is 0 Å². The molecular weight excluding hydrogens is 322 g/mol. The van der Waals surface area contributed by atoms with E-state index in [-0.39, 0.29) is 5.60 Å². The molecule has 1 aromatic carbocycles. The largest absolute Gasteiger partial charge is 0.493 e. The van der Waals surface area contributed by atoms with E-state index in [9.17, 15) is 0 Å². The molecule has 1 saturated heterocycles. The van der Waals surface area contributed by atoms with Gasteiger partial charge >= 0.3 is 0 Å². The molecule has 2 unspecified atom stereocenters. The van der Waals surface area contributed by atoms with Crippen LogP contribution in [0.1, 0.15) is 24.4 Å².